The summed E-state index contributed by atoms with van der Waals surface area (Å²) in [5, 5.41) is 5.88. The molecule has 0 saturated carbocycles. The van der Waals surface area contributed by atoms with E-state index in [2.05, 4.69) is 5.32 Å². The minimum atomic E-state index is -0.291. The van der Waals surface area contributed by atoms with E-state index < -0.39 is 0 Å². The Morgan fingerprint density at radius 3 is 2.68 bits per heavy atom. The van der Waals surface area contributed by atoms with Crippen molar-refractivity contribution in [3.8, 4) is 5.75 Å². The first-order chi connectivity index (χ1) is 9.08. The van der Waals surface area contributed by atoms with Gasteiger partial charge in [0, 0.05) is 10.4 Å². The average molecular weight is 300 g/mol. The summed E-state index contributed by atoms with van der Waals surface area (Å²) < 4.78 is 18.8. The van der Waals surface area contributed by atoms with E-state index >= 15 is 0 Å². The second kappa shape index (κ2) is 5.90. The number of hydrogen-bond donors (Lipinski definition) is 1. The van der Waals surface area contributed by atoms with Crippen LogP contribution < -0.4 is 10.1 Å². The Morgan fingerprint density at radius 2 is 2.16 bits per heavy atom. The van der Waals surface area contributed by atoms with Gasteiger partial charge in [0.2, 0.25) is 0 Å². The van der Waals surface area contributed by atoms with Gasteiger partial charge in [-0.15, -0.1) is 11.3 Å². The highest BCUT2D eigenvalue weighted by Crippen LogP contribution is 2.38. The van der Waals surface area contributed by atoms with Crippen molar-refractivity contribution in [3.63, 3.8) is 0 Å². The highest BCUT2D eigenvalue weighted by Gasteiger charge is 2.22. The van der Waals surface area contributed by atoms with Gasteiger partial charge in [-0.3, -0.25) is 0 Å². The lowest BCUT2D eigenvalue weighted by Crippen LogP contribution is -2.18. The van der Waals surface area contributed by atoms with E-state index in [1.54, 1.807) is 24.5 Å². The number of aryl methyl sites for hydroxylation is 1. The molecule has 0 amide bonds. The normalized spacial score (nSPS) is 12.5. The molecule has 0 bridgehead atoms. The summed E-state index contributed by atoms with van der Waals surface area (Å²) in [6.45, 7) is 1.96. The van der Waals surface area contributed by atoms with Gasteiger partial charge in [0.1, 0.15) is 11.6 Å². The van der Waals surface area contributed by atoms with Crippen LogP contribution in [0.4, 0.5) is 4.39 Å². The van der Waals surface area contributed by atoms with Crippen molar-refractivity contribution in [2.24, 2.45) is 0 Å². The molecule has 2 nitrogen and oxygen atoms in total. The molecule has 2 rings (SSSR count). The van der Waals surface area contributed by atoms with E-state index in [1.807, 2.05) is 19.4 Å². The lowest BCUT2D eigenvalue weighted by atomic mass is 10.0. The van der Waals surface area contributed by atoms with Crippen LogP contribution in [0.2, 0.25) is 5.02 Å². The van der Waals surface area contributed by atoms with Crippen LogP contribution in [0.5, 0.6) is 5.75 Å². The van der Waals surface area contributed by atoms with Crippen molar-refractivity contribution < 1.29 is 9.13 Å². The van der Waals surface area contributed by atoms with Crippen molar-refractivity contribution in [1.82, 2.24) is 5.32 Å². The molecule has 1 aromatic carbocycles. The van der Waals surface area contributed by atoms with E-state index in [1.165, 1.54) is 12.1 Å². The van der Waals surface area contributed by atoms with Gasteiger partial charge in [-0.05, 0) is 43.1 Å². The molecule has 1 aromatic heterocycles. The predicted octanol–water partition coefficient (Wildman–Crippen LogP) is 4.17. The first-order valence-electron chi connectivity index (χ1n) is 5.82. The topological polar surface area (TPSA) is 21.3 Å². The van der Waals surface area contributed by atoms with E-state index in [-0.39, 0.29) is 11.9 Å². The van der Waals surface area contributed by atoms with Gasteiger partial charge in [-0.1, -0.05) is 11.6 Å². The fraction of sp³-hybridized carbons (Fsp3) is 0.286. The van der Waals surface area contributed by atoms with Gasteiger partial charge >= 0.3 is 0 Å². The minimum Gasteiger partial charge on any atom is -0.496 e. The summed E-state index contributed by atoms with van der Waals surface area (Å²) in [6.07, 6.45) is 0. The molecule has 0 aliphatic rings. The minimum absolute atomic E-state index is 0.183. The third kappa shape index (κ3) is 2.76. The number of rotatable bonds is 4. The SMILES string of the molecule is CNC(c1cc(F)ccc1OC)c1scc(C)c1Cl. The van der Waals surface area contributed by atoms with E-state index in [4.69, 9.17) is 16.3 Å². The van der Waals surface area contributed by atoms with E-state index in [9.17, 15) is 4.39 Å². The third-order valence-electron chi connectivity index (χ3n) is 2.98. The molecule has 0 spiro atoms. The van der Waals surface area contributed by atoms with Crippen LogP contribution in [-0.4, -0.2) is 14.2 Å². The van der Waals surface area contributed by atoms with Crippen molar-refractivity contribution in [3.05, 3.63) is 50.4 Å². The molecule has 19 heavy (non-hydrogen) atoms. The molecule has 102 valence electrons. The van der Waals surface area contributed by atoms with E-state index in [0.717, 1.165) is 21.0 Å². The quantitative estimate of drug-likeness (QED) is 0.915. The number of halogens is 2. The highest BCUT2D eigenvalue weighted by molar-refractivity contribution is 7.10. The zero-order valence-corrected chi connectivity index (χ0v) is 12.5. The Bertz CT molecular complexity index is 585. The fourth-order valence-corrected chi connectivity index (χ4v) is 3.43. The van der Waals surface area contributed by atoms with Gasteiger partial charge in [0.25, 0.3) is 0 Å². The van der Waals surface area contributed by atoms with Gasteiger partial charge in [-0.25, -0.2) is 4.39 Å². The summed E-state index contributed by atoms with van der Waals surface area (Å²) in [5.41, 5.74) is 1.77. The average Bonchev–Trinajstić information content (AvgIpc) is 2.72. The van der Waals surface area contributed by atoms with Gasteiger partial charge < -0.3 is 10.1 Å². The molecule has 2 aromatic rings. The molecule has 5 heteroatoms. The molecule has 0 saturated heterocycles. The van der Waals surface area contributed by atoms with E-state index in [0.29, 0.717) is 5.75 Å². The van der Waals surface area contributed by atoms with Crippen LogP contribution >= 0.6 is 22.9 Å². The Morgan fingerprint density at radius 1 is 1.42 bits per heavy atom. The predicted molar refractivity (Wildman–Crippen MR) is 77.9 cm³/mol. The lowest BCUT2D eigenvalue weighted by Gasteiger charge is -2.19. The summed E-state index contributed by atoms with van der Waals surface area (Å²) in [6, 6.07) is 4.31. The molecule has 0 aliphatic heterocycles. The van der Waals surface area contributed by atoms with Gasteiger partial charge in [0.05, 0.1) is 18.2 Å². The number of thiophene rings is 1. The maximum Gasteiger partial charge on any atom is 0.124 e. The maximum absolute atomic E-state index is 13.5. The molecular formula is C14H15ClFNOS. The van der Waals surface area contributed by atoms with Gasteiger partial charge in [-0.2, -0.15) is 0 Å². The van der Waals surface area contributed by atoms with Crippen LogP contribution in [0.25, 0.3) is 0 Å². The van der Waals surface area contributed by atoms with Crippen molar-refractivity contribution in [1.29, 1.82) is 0 Å². The van der Waals surface area contributed by atoms with Crippen molar-refractivity contribution >= 4 is 22.9 Å². The number of benzene rings is 1. The highest BCUT2D eigenvalue weighted by atomic mass is 35.5. The first-order valence-corrected chi connectivity index (χ1v) is 7.08. The summed E-state index contributed by atoms with van der Waals surface area (Å²) in [5.74, 6) is 0.350. The molecule has 1 N–H and O–H groups in total. The molecule has 1 heterocycles. The van der Waals surface area contributed by atoms with Crippen molar-refractivity contribution in [2.75, 3.05) is 14.2 Å². The van der Waals surface area contributed by atoms with Crippen LogP contribution in [-0.2, 0) is 0 Å². The Labute approximate surface area is 121 Å². The lowest BCUT2D eigenvalue weighted by molar-refractivity contribution is 0.404. The number of nitrogens with one attached hydrogen (secondary N) is 1. The van der Waals surface area contributed by atoms with Crippen molar-refractivity contribution in [2.45, 2.75) is 13.0 Å². The first kappa shape index (κ1) is 14.3. The number of hydrogen-bond acceptors (Lipinski definition) is 3. The summed E-state index contributed by atoms with van der Waals surface area (Å²) in [7, 11) is 3.39. The van der Waals surface area contributed by atoms with Crippen LogP contribution in [0.15, 0.2) is 23.6 Å². The third-order valence-corrected chi connectivity index (χ3v) is 4.76. The second-order valence-electron chi connectivity index (χ2n) is 4.20. The largest absolute Gasteiger partial charge is 0.496 e. The molecule has 0 fully saturated rings. The van der Waals surface area contributed by atoms with Gasteiger partial charge in [0.15, 0.2) is 0 Å². The molecule has 0 aliphatic carbocycles. The number of methoxy groups -OCH3 is 1. The molecule has 1 atom stereocenters. The number of ether oxygens (including phenoxy) is 1. The molecule has 1 unspecified atom stereocenters. The van der Waals surface area contributed by atoms with Crippen LogP contribution in [0, 0.1) is 12.7 Å². The molecular weight excluding hydrogens is 285 g/mol. The summed E-state index contributed by atoms with van der Waals surface area (Å²) in [4.78, 5) is 0.963. The zero-order valence-electron chi connectivity index (χ0n) is 11.0. The zero-order chi connectivity index (χ0) is 14.0. The fourth-order valence-electron chi connectivity index (χ4n) is 2.00. The Hall–Kier alpha value is -1.10. The second-order valence-corrected chi connectivity index (χ2v) is 5.49. The molecule has 0 radical (unpaired) electrons. The Kier molecular flexibility index (Phi) is 4.45. The Balaban J connectivity index is 2.53. The smallest absolute Gasteiger partial charge is 0.124 e. The standard InChI is InChI=1S/C14H15ClFNOS/c1-8-7-19-14(12(8)15)13(17-2)10-6-9(16)4-5-11(10)18-3/h4-7,13,17H,1-3H3. The van der Waals surface area contributed by atoms with Crippen LogP contribution in [0.3, 0.4) is 0 Å². The summed E-state index contributed by atoms with van der Waals surface area (Å²) >= 11 is 7.86. The van der Waals surface area contributed by atoms with Crippen LogP contribution in [0.1, 0.15) is 22.0 Å². The maximum atomic E-state index is 13.5. The monoisotopic (exact) mass is 299 g/mol.